The summed E-state index contributed by atoms with van der Waals surface area (Å²) in [5, 5.41) is 12.8. The van der Waals surface area contributed by atoms with Gasteiger partial charge in [0.1, 0.15) is 5.75 Å². The van der Waals surface area contributed by atoms with Crippen LogP contribution in [-0.4, -0.2) is 28.7 Å². The number of anilines is 1. The van der Waals surface area contributed by atoms with Crippen molar-refractivity contribution in [3.05, 3.63) is 48.6 Å². The highest BCUT2D eigenvalue weighted by Gasteiger charge is 2.07. The molecule has 3 rings (SSSR count). The molecule has 114 valence electrons. The van der Waals surface area contributed by atoms with E-state index in [1.807, 2.05) is 10.6 Å². The number of nitrogens with two attached hydrogens (primary N) is 1. The predicted octanol–water partition coefficient (Wildman–Crippen LogP) is -0.628. The van der Waals surface area contributed by atoms with Crippen molar-refractivity contribution in [2.24, 2.45) is 0 Å². The molecule has 2 aliphatic rings. The zero-order valence-electron chi connectivity index (χ0n) is 11.3. The third kappa shape index (κ3) is 6.66. The molecule has 22 heavy (non-hydrogen) atoms. The molecule has 0 radical (unpaired) electrons. The highest BCUT2D eigenvalue weighted by molar-refractivity contribution is 6.13. The molecule has 0 saturated heterocycles. The van der Waals surface area contributed by atoms with Crippen molar-refractivity contribution in [2.45, 2.75) is 0 Å². The van der Waals surface area contributed by atoms with Crippen molar-refractivity contribution in [3.63, 3.8) is 0 Å². The Balaban J connectivity index is 0.000000166. The molecule has 1 aromatic rings. The average Bonchev–Trinajstić information content (AvgIpc) is 3.02. The number of phenols is 1. The van der Waals surface area contributed by atoms with Gasteiger partial charge >= 0.3 is 0 Å². The molecule has 5 N–H and O–H groups in total. The summed E-state index contributed by atoms with van der Waals surface area (Å²) in [6, 6.07) is 6.40. The maximum Gasteiger partial charge on any atom is 0.250 e. The first-order valence-corrected chi connectivity index (χ1v) is 5.97. The summed E-state index contributed by atoms with van der Waals surface area (Å²) >= 11 is 0. The number of carbonyl (C=O) groups excluding carboxylic acids is 4. The van der Waals surface area contributed by atoms with Crippen LogP contribution in [0.4, 0.5) is 5.69 Å². The first kappa shape index (κ1) is 16.6. The molecule has 4 amide bonds. The normalized spacial score (nSPS) is 14.5. The number of carbonyl (C=O) groups is 4. The monoisotopic (exact) mass is 303 g/mol. The SMILES string of the molecule is Nc1ccc(O)cc1.O=C1C=CC(=O)N1.O=C1C=CC(=O)N1. The zero-order valence-corrected chi connectivity index (χ0v) is 11.3. The van der Waals surface area contributed by atoms with E-state index < -0.39 is 0 Å². The van der Waals surface area contributed by atoms with E-state index in [9.17, 15) is 19.2 Å². The molecule has 0 unspecified atom stereocenters. The van der Waals surface area contributed by atoms with Crippen LogP contribution in [0.3, 0.4) is 0 Å². The van der Waals surface area contributed by atoms with Gasteiger partial charge in [-0.25, -0.2) is 0 Å². The summed E-state index contributed by atoms with van der Waals surface area (Å²) < 4.78 is 0. The number of rotatable bonds is 0. The number of hydrogen-bond donors (Lipinski definition) is 4. The van der Waals surface area contributed by atoms with Crippen LogP contribution in [-0.2, 0) is 19.2 Å². The number of hydrogen-bond acceptors (Lipinski definition) is 6. The van der Waals surface area contributed by atoms with Crippen LogP contribution in [0.25, 0.3) is 0 Å². The van der Waals surface area contributed by atoms with Gasteiger partial charge in [-0.05, 0) is 24.3 Å². The number of benzene rings is 1. The van der Waals surface area contributed by atoms with Gasteiger partial charge in [0.15, 0.2) is 0 Å². The summed E-state index contributed by atoms with van der Waals surface area (Å²) in [7, 11) is 0. The van der Waals surface area contributed by atoms with Crippen molar-refractivity contribution in [2.75, 3.05) is 5.73 Å². The van der Waals surface area contributed by atoms with E-state index in [-0.39, 0.29) is 29.4 Å². The van der Waals surface area contributed by atoms with Gasteiger partial charge < -0.3 is 10.8 Å². The number of nitrogens with one attached hydrogen (secondary N) is 2. The second-order valence-corrected chi connectivity index (χ2v) is 3.97. The smallest absolute Gasteiger partial charge is 0.250 e. The maximum atomic E-state index is 10.0. The molecule has 0 saturated carbocycles. The quantitative estimate of drug-likeness (QED) is 0.286. The Kier molecular flexibility index (Phi) is 6.05. The first-order valence-electron chi connectivity index (χ1n) is 5.97. The van der Waals surface area contributed by atoms with Crippen LogP contribution in [0.2, 0.25) is 0 Å². The molecule has 0 aliphatic carbocycles. The Hall–Kier alpha value is -3.42. The van der Waals surface area contributed by atoms with Crippen molar-refractivity contribution in [3.8, 4) is 5.75 Å². The minimum atomic E-state index is -0.329. The van der Waals surface area contributed by atoms with Crippen LogP contribution in [0.5, 0.6) is 5.75 Å². The Morgan fingerprint density at radius 1 is 0.682 bits per heavy atom. The van der Waals surface area contributed by atoms with Crippen molar-refractivity contribution >= 4 is 29.3 Å². The second-order valence-electron chi connectivity index (χ2n) is 3.97. The second kappa shape index (κ2) is 8.00. The summed E-state index contributed by atoms with van der Waals surface area (Å²) in [5.74, 6) is -1.07. The first-order chi connectivity index (χ1) is 10.4. The van der Waals surface area contributed by atoms with Gasteiger partial charge in [-0.15, -0.1) is 0 Å². The number of amides is 4. The van der Waals surface area contributed by atoms with E-state index in [1.165, 1.54) is 24.3 Å². The average molecular weight is 303 g/mol. The van der Waals surface area contributed by atoms with E-state index in [4.69, 9.17) is 10.8 Å². The molecule has 0 spiro atoms. The maximum absolute atomic E-state index is 10.0. The minimum absolute atomic E-state index is 0.249. The van der Waals surface area contributed by atoms with Gasteiger partial charge in [0.25, 0.3) is 23.6 Å². The fraction of sp³-hybridized carbons (Fsp3) is 0. The van der Waals surface area contributed by atoms with E-state index in [1.54, 1.807) is 24.3 Å². The minimum Gasteiger partial charge on any atom is -0.508 e. The molecule has 8 nitrogen and oxygen atoms in total. The van der Waals surface area contributed by atoms with Gasteiger partial charge in [0.05, 0.1) is 0 Å². The van der Waals surface area contributed by atoms with Crippen LogP contribution in [0.15, 0.2) is 48.6 Å². The van der Waals surface area contributed by atoms with Gasteiger partial charge in [0, 0.05) is 30.0 Å². The summed E-state index contributed by atoms with van der Waals surface area (Å²) in [6.07, 6.45) is 4.79. The van der Waals surface area contributed by atoms with Gasteiger partial charge in [-0.3, -0.25) is 29.8 Å². The van der Waals surface area contributed by atoms with Crippen LogP contribution < -0.4 is 16.4 Å². The molecule has 8 heteroatoms. The highest BCUT2D eigenvalue weighted by Crippen LogP contribution is 2.09. The van der Waals surface area contributed by atoms with Gasteiger partial charge in [-0.2, -0.15) is 0 Å². The number of nitrogen functional groups attached to an aromatic ring is 1. The number of phenolic OH excluding ortho intramolecular Hbond substituents is 1. The lowest BCUT2D eigenvalue weighted by molar-refractivity contribution is -0.125. The Labute approximate surface area is 125 Å². The third-order valence-electron chi connectivity index (χ3n) is 2.16. The summed E-state index contributed by atoms with van der Waals surface area (Å²) in [4.78, 5) is 40.1. The van der Waals surface area contributed by atoms with E-state index in [0.717, 1.165) is 0 Å². The molecule has 0 bridgehead atoms. The summed E-state index contributed by atoms with van der Waals surface area (Å²) in [6.45, 7) is 0. The highest BCUT2D eigenvalue weighted by atomic mass is 16.3. The van der Waals surface area contributed by atoms with Crippen molar-refractivity contribution in [1.29, 1.82) is 0 Å². The Morgan fingerprint density at radius 2 is 1.00 bits per heavy atom. The third-order valence-corrected chi connectivity index (χ3v) is 2.16. The van der Waals surface area contributed by atoms with E-state index >= 15 is 0 Å². The molecule has 0 atom stereocenters. The topological polar surface area (TPSA) is 139 Å². The molecule has 1 aromatic carbocycles. The zero-order chi connectivity index (χ0) is 16.5. The lowest BCUT2D eigenvalue weighted by Gasteiger charge is -1.89. The number of imide groups is 2. The molecule has 2 aliphatic heterocycles. The Bertz CT molecular complexity index is 558. The molecule has 2 heterocycles. The van der Waals surface area contributed by atoms with E-state index in [2.05, 4.69) is 0 Å². The predicted molar refractivity (Wildman–Crippen MR) is 77.1 cm³/mol. The lowest BCUT2D eigenvalue weighted by atomic mass is 10.3. The molecule has 0 fully saturated rings. The standard InChI is InChI=1S/C6H7NO.2C4H3NO2/c7-5-1-3-6(8)4-2-5;2*6-3-1-2-4(7)5-3/h1-4,8H,7H2;2*1-2H,(H,5,6,7). The molecule has 0 aromatic heterocycles. The van der Waals surface area contributed by atoms with Gasteiger partial charge in [-0.1, -0.05) is 0 Å². The fourth-order valence-electron chi connectivity index (χ4n) is 1.19. The van der Waals surface area contributed by atoms with Crippen LogP contribution >= 0.6 is 0 Å². The van der Waals surface area contributed by atoms with Crippen molar-refractivity contribution in [1.82, 2.24) is 10.6 Å². The van der Waals surface area contributed by atoms with Gasteiger partial charge in [0.2, 0.25) is 0 Å². The van der Waals surface area contributed by atoms with Crippen LogP contribution in [0.1, 0.15) is 0 Å². The van der Waals surface area contributed by atoms with Crippen LogP contribution in [0, 0.1) is 0 Å². The Morgan fingerprint density at radius 3 is 1.18 bits per heavy atom. The number of aromatic hydroxyl groups is 1. The van der Waals surface area contributed by atoms with Crippen molar-refractivity contribution < 1.29 is 24.3 Å². The summed E-state index contributed by atoms with van der Waals surface area (Å²) in [5.41, 5.74) is 5.98. The lowest BCUT2D eigenvalue weighted by Crippen LogP contribution is -2.19. The molecular formula is C14H13N3O5. The van der Waals surface area contributed by atoms with E-state index in [0.29, 0.717) is 5.69 Å². The largest absolute Gasteiger partial charge is 0.508 e. The molecular weight excluding hydrogens is 290 g/mol. The fourth-order valence-corrected chi connectivity index (χ4v) is 1.19.